The minimum Gasteiger partial charge on any atom is -0.393 e. The SMILES string of the molecule is C=C(C(=O)OC(C)(OOC(C)(C)C)OC(=O)OC(C)(OOC(C)(C)C)OC(=O)C(=C)c1ccccc1)c1ccccc1. The van der Waals surface area contributed by atoms with Gasteiger partial charge in [-0.3, -0.25) is 0 Å². The standard InChI is InChI=1S/C31H38O11/c1-21(23-17-13-11-14-18-23)25(32)35-30(9,41-39-28(3,4)5)37-27(34)38-31(10,42-40-29(6,7)8)36-26(33)22(2)24-19-15-12-16-20-24/h11-20H,1-2H2,3-10H3. The van der Waals surface area contributed by atoms with Gasteiger partial charge in [-0.25, -0.2) is 24.2 Å². The van der Waals surface area contributed by atoms with Gasteiger partial charge >= 0.3 is 30.0 Å². The minimum atomic E-state index is -2.50. The van der Waals surface area contributed by atoms with Crippen molar-refractivity contribution in [1.29, 1.82) is 0 Å². The van der Waals surface area contributed by atoms with Crippen LogP contribution in [0.15, 0.2) is 73.8 Å². The van der Waals surface area contributed by atoms with Crippen LogP contribution in [0.2, 0.25) is 0 Å². The first-order valence-corrected chi connectivity index (χ1v) is 12.9. The van der Waals surface area contributed by atoms with E-state index in [0.717, 1.165) is 13.8 Å². The van der Waals surface area contributed by atoms with E-state index in [2.05, 4.69) is 13.2 Å². The van der Waals surface area contributed by atoms with E-state index in [-0.39, 0.29) is 11.1 Å². The Kier molecular flexibility index (Phi) is 11.2. The molecule has 0 amide bonds. The van der Waals surface area contributed by atoms with Crippen LogP contribution in [0.1, 0.15) is 66.5 Å². The summed E-state index contributed by atoms with van der Waals surface area (Å²) in [6, 6.07) is 16.9. The molecule has 0 bridgehead atoms. The molecule has 0 N–H and O–H groups in total. The van der Waals surface area contributed by atoms with Crippen molar-refractivity contribution >= 4 is 29.2 Å². The fourth-order valence-electron chi connectivity index (χ4n) is 2.81. The molecule has 0 aliphatic heterocycles. The molecular weight excluding hydrogens is 548 g/mol. The first-order chi connectivity index (χ1) is 19.3. The van der Waals surface area contributed by atoms with Crippen molar-refractivity contribution in [3.63, 3.8) is 0 Å². The highest BCUT2D eigenvalue weighted by Crippen LogP contribution is 2.28. The van der Waals surface area contributed by atoms with Crippen LogP contribution in [0.25, 0.3) is 11.1 Å². The Balaban J connectivity index is 2.27. The van der Waals surface area contributed by atoms with E-state index in [9.17, 15) is 14.4 Å². The van der Waals surface area contributed by atoms with Crippen LogP contribution in [0.3, 0.4) is 0 Å². The fourth-order valence-corrected chi connectivity index (χ4v) is 2.81. The second-order valence-electron chi connectivity index (χ2n) is 11.2. The van der Waals surface area contributed by atoms with Crippen molar-refractivity contribution in [3.05, 3.63) is 84.9 Å². The molecule has 2 aromatic carbocycles. The summed E-state index contributed by atoms with van der Waals surface area (Å²) >= 11 is 0. The highest BCUT2D eigenvalue weighted by Gasteiger charge is 2.45. The van der Waals surface area contributed by atoms with Crippen LogP contribution in [0.4, 0.5) is 4.79 Å². The summed E-state index contributed by atoms with van der Waals surface area (Å²) in [6.07, 6.45) is -1.55. The third kappa shape index (κ3) is 11.5. The molecule has 228 valence electrons. The Morgan fingerprint density at radius 3 is 1.10 bits per heavy atom. The first-order valence-electron chi connectivity index (χ1n) is 12.9. The van der Waals surface area contributed by atoms with Crippen LogP contribution >= 0.6 is 0 Å². The summed E-state index contributed by atoms with van der Waals surface area (Å²) < 4.78 is 21.1. The van der Waals surface area contributed by atoms with Gasteiger partial charge < -0.3 is 18.9 Å². The molecule has 0 saturated carbocycles. The van der Waals surface area contributed by atoms with Crippen molar-refractivity contribution in [1.82, 2.24) is 0 Å². The molecular formula is C31H38O11. The molecule has 0 fully saturated rings. The lowest BCUT2D eigenvalue weighted by atomic mass is 10.1. The van der Waals surface area contributed by atoms with E-state index >= 15 is 0 Å². The van der Waals surface area contributed by atoms with Gasteiger partial charge in [0.1, 0.15) is 0 Å². The van der Waals surface area contributed by atoms with E-state index in [1.165, 1.54) is 0 Å². The molecule has 0 saturated heterocycles. The number of ether oxygens (including phenoxy) is 4. The molecule has 0 aliphatic carbocycles. The van der Waals surface area contributed by atoms with E-state index in [1.54, 1.807) is 102 Å². The number of carbonyl (C=O) groups excluding carboxylic acids is 3. The average Bonchev–Trinajstić information content (AvgIpc) is 2.90. The second kappa shape index (κ2) is 13.8. The van der Waals surface area contributed by atoms with Crippen LogP contribution < -0.4 is 0 Å². The van der Waals surface area contributed by atoms with Gasteiger partial charge in [-0.15, -0.1) is 9.78 Å². The summed E-state index contributed by atoms with van der Waals surface area (Å²) in [5.41, 5.74) is -1.03. The zero-order chi connectivity index (χ0) is 31.8. The van der Waals surface area contributed by atoms with E-state index < -0.39 is 41.2 Å². The summed E-state index contributed by atoms with van der Waals surface area (Å²) in [4.78, 5) is 59.8. The van der Waals surface area contributed by atoms with E-state index in [4.69, 9.17) is 38.5 Å². The van der Waals surface area contributed by atoms with Gasteiger partial charge in [-0.1, -0.05) is 73.8 Å². The average molecular weight is 587 g/mol. The fraction of sp³-hybridized carbons (Fsp3) is 0.387. The molecule has 2 aromatic rings. The quantitative estimate of drug-likeness (QED) is 0.0890. The summed E-state index contributed by atoms with van der Waals surface area (Å²) in [7, 11) is 0. The van der Waals surface area contributed by atoms with Crippen molar-refractivity contribution in [2.24, 2.45) is 0 Å². The Labute approximate surface area is 245 Å². The summed E-state index contributed by atoms with van der Waals surface area (Å²) in [5, 5.41) is 0. The van der Waals surface area contributed by atoms with Gasteiger partial charge in [0.15, 0.2) is 0 Å². The summed E-state index contributed by atoms with van der Waals surface area (Å²) in [5.74, 6) is -6.98. The minimum absolute atomic E-state index is 0.0572. The number of hydrogen-bond donors (Lipinski definition) is 0. The molecule has 2 rings (SSSR count). The smallest absolute Gasteiger partial charge is 0.393 e. The number of esters is 2. The molecule has 0 spiro atoms. The molecule has 0 heterocycles. The number of benzene rings is 2. The van der Waals surface area contributed by atoms with Gasteiger partial charge in [0, 0.05) is 13.8 Å². The maximum atomic E-state index is 13.0. The molecule has 0 aliphatic rings. The Bertz CT molecular complexity index is 1160. The largest absolute Gasteiger partial charge is 0.518 e. The molecule has 11 heteroatoms. The predicted octanol–water partition coefficient (Wildman–Crippen LogP) is 6.49. The zero-order valence-electron chi connectivity index (χ0n) is 25.2. The van der Waals surface area contributed by atoms with Gasteiger partial charge in [0.2, 0.25) is 0 Å². The number of rotatable bonds is 12. The highest BCUT2D eigenvalue weighted by atomic mass is 17.3. The van der Waals surface area contributed by atoms with Crippen molar-refractivity contribution in [2.45, 2.75) is 78.5 Å². The Morgan fingerprint density at radius 1 is 0.500 bits per heavy atom. The third-order valence-electron chi connectivity index (χ3n) is 4.72. The highest BCUT2D eigenvalue weighted by molar-refractivity contribution is 6.16. The van der Waals surface area contributed by atoms with Crippen molar-refractivity contribution in [3.8, 4) is 0 Å². The Morgan fingerprint density at radius 2 is 0.810 bits per heavy atom. The third-order valence-corrected chi connectivity index (χ3v) is 4.72. The lowest BCUT2D eigenvalue weighted by molar-refractivity contribution is -0.515. The monoisotopic (exact) mass is 586 g/mol. The normalized spacial score (nSPS) is 14.5. The van der Waals surface area contributed by atoms with Crippen molar-refractivity contribution in [2.75, 3.05) is 0 Å². The maximum Gasteiger partial charge on any atom is 0.518 e. The predicted molar refractivity (Wildman–Crippen MR) is 151 cm³/mol. The first kappa shape index (κ1) is 34.2. The topological polar surface area (TPSA) is 125 Å². The maximum absolute atomic E-state index is 13.0. The van der Waals surface area contributed by atoms with Gasteiger partial charge in [-0.05, 0) is 52.7 Å². The van der Waals surface area contributed by atoms with Crippen LogP contribution in [-0.4, -0.2) is 41.2 Å². The van der Waals surface area contributed by atoms with Gasteiger partial charge in [0.05, 0.1) is 22.3 Å². The Hall–Kier alpha value is -4.03. The van der Waals surface area contributed by atoms with Gasteiger partial charge in [-0.2, -0.15) is 0 Å². The van der Waals surface area contributed by atoms with Crippen LogP contribution in [-0.2, 0) is 48.1 Å². The van der Waals surface area contributed by atoms with E-state index in [1.807, 2.05) is 0 Å². The molecule has 42 heavy (non-hydrogen) atoms. The van der Waals surface area contributed by atoms with Gasteiger partial charge in [0.25, 0.3) is 0 Å². The van der Waals surface area contributed by atoms with E-state index in [0.29, 0.717) is 11.1 Å². The molecule has 0 radical (unpaired) electrons. The number of hydrogen-bond acceptors (Lipinski definition) is 11. The molecule has 0 aromatic heterocycles. The second-order valence-corrected chi connectivity index (χ2v) is 11.2. The molecule has 11 nitrogen and oxygen atoms in total. The molecule has 2 unspecified atom stereocenters. The molecule has 2 atom stereocenters. The lowest BCUT2D eigenvalue weighted by Gasteiger charge is -2.32. The van der Waals surface area contributed by atoms with Crippen molar-refractivity contribution < 1.29 is 52.9 Å². The zero-order valence-corrected chi connectivity index (χ0v) is 25.2. The van der Waals surface area contributed by atoms with Crippen LogP contribution in [0, 0.1) is 0 Å². The lowest BCUT2D eigenvalue weighted by Crippen LogP contribution is -2.46. The number of carbonyl (C=O) groups is 3. The summed E-state index contributed by atoms with van der Waals surface area (Å²) in [6.45, 7) is 19.5. The van der Waals surface area contributed by atoms with Crippen LogP contribution in [0.5, 0.6) is 0 Å².